The van der Waals surface area contributed by atoms with Crippen molar-refractivity contribution in [2.75, 3.05) is 52.6 Å². The van der Waals surface area contributed by atoms with E-state index in [0.29, 0.717) is 19.7 Å². The first kappa shape index (κ1) is 22.3. The Bertz CT molecular complexity index is 826. The van der Waals surface area contributed by atoms with E-state index in [1.807, 2.05) is 35.4 Å². The molecule has 168 valence electrons. The van der Waals surface area contributed by atoms with Crippen LogP contribution in [0.1, 0.15) is 33.6 Å². The largest absolute Gasteiger partial charge is 0.492 e. The molecule has 1 atom stereocenters. The van der Waals surface area contributed by atoms with E-state index in [4.69, 9.17) is 14.2 Å². The van der Waals surface area contributed by atoms with Crippen LogP contribution in [-0.4, -0.2) is 74.4 Å². The highest BCUT2D eigenvalue weighted by Crippen LogP contribution is 2.22. The highest BCUT2D eigenvalue weighted by molar-refractivity contribution is 7.12. The van der Waals surface area contributed by atoms with Crippen molar-refractivity contribution in [3.63, 3.8) is 0 Å². The quantitative estimate of drug-likeness (QED) is 0.592. The first-order valence-electron chi connectivity index (χ1n) is 11.2. The molecule has 1 aromatic heterocycles. The maximum atomic E-state index is 13.2. The van der Waals surface area contributed by atoms with Crippen LogP contribution in [0.25, 0.3) is 0 Å². The van der Waals surface area contributed by atoms with Gasteiger partial charge in [0.1, 0.15) is 12.4 Å². The summed E-state index contributed by atoms with van der Waals surface area (Å²) in [5, 5.41) is 1.98. The Morgan fingerprint density at radius 1 is 1.19 bits per heavy atom. The van der Waals surface area contributed by atoms with E-state index < -0.39 is 0 Å². The molecule has 1 unspecified atom stereocenters. The molecule has 2 fully saturated rings. The molecule has 2 aliphatic rings. The second kappa shape index (κ2) is 11.1. The number of hydrogen-bond donors (Lipinski definition) is 0. The van der Waals surface area contributed by atoms with Crippen LogP contribution in [0.5, 0.6) is 5.75 Å². The molecule has 1 aromatic carbocycles. The van der Waals surface area contributed by atoms with E-state index in [-0.39, 0.29) is 12.0 Å². The van der Waals surface area contributed by atoms with Crippen molar-refractivity contribution < 1.29 is 19.0 Å². The Kier molecular flexibility index (Phi) is 7.97. The third-order valence-electron chi connectivity index (χ3n) is 5.87. The Balaban J connectivity index is 1.34. The van der Waals surface area contributed by atoms with Crippen LogP contribution in [0.15, 0.2) is 35.7 Å². The van der Waals surface area contributed by atoms with Crippen molar-refractivity contribution in [3.8, 4) is 5.75 Å². The van der Waals surface area contributed by atoms with Gasteiger partial charge in [0.25, 0.3) is 5.91 Å². The molecule has 0 aliphatic carbocycles. The molecule has 3 heterocycles. The third kappa shape index (κ3) is 6.29. The summed E-state index contributed by atoms with van der Waals surface area (Å²) in [7, 11) is 0. The molecule has 4 rings (SSSR count). The summed E-state index contributed by atoms with van der Waals surface area (Å²) >= 11 is 1.51. The highest BCUT2D eigenvalue weighted by Gasteiger charge is 2.25. The normalized spacial score (nSPS) is 19.5. The van der Waals surface area contributed by atoms with E-state index in [2.05, 4.69) is 17.0 Å². The smallest absolute Gasteiger partial charge is 0.264 e. The molecule has 7 heteroatoms. The maximum Gasteiger partial charge on any atom is 0.264 e. The number of benzene rings is 1. The fraction of sp³-hybridized carbons (Fsp3) is 0.542. The Morgan fingerprint density at radius 3 is 2.68 bits per heavy atom. The number of carbonyl (C=O) groups excluding carboxylic acids is 1. The lowest BCUT2D eigenvalue weighted by atomic mass is 10.1. The van der Waals surface area contributed by atoms with Crippen molar-refractivity contribution in [2.45, 2.75) is 32.4 Å². The van der Waals surface area contributed by atoms with Gasteiger partial charge in [-0.15, -0.1) is 11.3 Å². The minimum absolute atomic E-state index is 0.0915. The second-order valence-corrected chi connectivity index (χ2v) is 9.12. The molecule has 0 radical (unpaired) electrons. The molecule has 6 nitrogen and oxygen atoms in total. The van der Waals surface area contributed by atoms with E-state index >= 15 is 0 Å². The zero-order chi connectivity index (χ0) is 21.5. The van der Waals surface area contributed by atoms with Gasteiger partial charge in [0.05, 0.1) is 24.2 Å². The van der Waals surface area contributed by atoms with Gasteiger partial charge in [-0.2, -0.15) is 0 Å². The molecule has 2 aromatic rings. The molecule has 0 N–H and O–H groups in total. The zero-order valence-electron chi connectivity index (χ0n) is 18.3. The highest BCUT2D eigenvalue weighted by atomic mass is 32.1. The van der Waals surface area contributed by atoms with Crippen LogP contribution in [-0.2, 0) is 16.0 Å². The van der Waals surface area contributed by atoms with Gasteiger partial charge in [-0.05, 0) is 54.5 Å². The molecule has 0 spiro atoms. The van der Waals surface area contributed by atoms with Crippen molar-refractivity contribution in [2.24, 2.45) is 0 Å². The van der Waals surface area contributed by atoms with E-state index in [0.717, 1.165) is 74.1 Å². The van der Waals surface area contributed by atoms with Crippen molar-refractivity contribution in [1.82, 2.24) is 9.80 Å². The van der Waals surface area contributed by atoms with Crippen LogP contribution < -0.4 is 4.74 Å². The van der Waals surface area contributed by atoms with Crippen LogP contribution >= 0.6 is 11.3 Å². The number of carbonyl (C=O) groups is 1. The number of rotatable bonds is 9. The SMILES string of the molecule is Cc1ccsc1C(=O)N(Cc1ccc(OCCN2CCOCC2)cc1)CC1CCCO1. The second-order valence-electron chi connectivity index (χ2n) is 8.20. The third-order valence-corrected chi connectivity index (χ3v) is 6.87. The molecular weight excluding hydrogens is 412 g/mol. The Morgan fingerprint density at radius 2 is 2.00 bits per heavy atom. The predicted octanol–water partition coefficient (Wildman–Crippen LogP) is 3.59. The summed E-state index contributed by atoms with van der Waals surface area (Å²) in [6, 6.07) is 10.1. The van der Waals surface area contributed by atoms with E-state index in [1.54, 1.807) is 0 Å². The number of aryl methyl sites for hydroxylation is 1. The van der Waals surface area contributed by atoms with Gasteiger partial charge in [0.2, 0.25) is 0 Å². The van der Waals surface area contributed by atoms with Gasteiger partial charge in [-0.1, -0.05) is 12.1 Å². The first-order valence-corrected chi connectivity index (χ1v) is 12.0. The van der Waals surface area contributed by atoms with Crippen molar-refractivity contribution in [3.05, 3.63) is 51.7 Å². The number of ether oxygens (including phenoxy) is 3. The number of thiophene rings is 1. The summed E-state index contributed by atoms with van der Waals surface area (Å²) in [5.74, 6) is 0.956. The standard InChI is InChI=1S/C24H32N2O4S/c1-19-8-16-31-23(19)24(27)26(18-22-3-2-12-29-22)17-20-4-6-21(7-5-20)30-15-11-25-9-13-28-14-10-25/h4-8,16,22H,2-3,9-15,17-18H2,1H3. The number of morpholine rings is 1. The summed E-state index contributed by atoms with van der Waals surface area (Å²) in [4.78, 5) is 18.3. The predicted molar refractivity (Wildman–Crippen MR) is 122 cm³/mol. The number of hydrogen-bond acceptors (Lipinski definition) is 6. The molecule has 1 amide bonds. The van der Waals surface area contributed by atoms with Gasteiger partial charge in [0.15, 0.2) is 0 Å². The van der Waals surface area contributed by atoms with Crippen LogP contribution in [0.2, 0.25) is 0 Å². The van der Waals surface area contributed by atoms with Crippen molar-refractivity contribution >= 4 is 17.2 Å². The van der Waals surface area contributed by atoms with Crippen LogP contribution in [0.3, 0.4) is 0 Å². The monoisotopic (exact) mass is 444 g/mol. The molecule has 2 aliphatic heterocycles. The van der Waals surface area contributed by atoms with Crippen LogP contribution in [0, 0.1) is 6.92 Å². The topological polar surface area (TPSA) is 51.2 Å². The summed E-state index contributed by atoms with van der Waals surface area (Å²) < 4.78 is 17.1. The van der Waals surface area contributed by atoms with Gasteiger partial charge >= 0.3 is 0 Å². The summed E-state index contributed by atoms with van der Waals surface area (Å²) in [6.45, 7) is 9.13. The first-order chi connectivity index (χ1) is 15.2. The van der Waals surface area contributed by atoms with Crippen molar-refractivity contribution in [1.29, 1.82) is 0 Å². The fourth-order valence-corrected chi connectivity index (χ4v) is 4.91. The molecule has 2 saturated heterocycles. The Labute approximate surface area is 188 Å². The van der Waals surface area contributed by atoms with Gasteiger partial charge in [0, 0.05) is 39.3 Å². The van der Waals surface area contributed by atoms with E-state index in [9.17, 15) is 4.79 Å². The average molecular weight is 445 g/mol. The molecule has 0 bridgehead atoms. The van der Waals surface area contributed by atoms with E-state index in [1.165, 1.54) is 11.3 Å². The van der Waals surface area contributed by atoms with Gasteiger partial charge in [-0.25, -0.2) is 0 Å². The average Bonchev–Trinajstić information content (AvgIpc) is 3.46. The van der Waals surface area contributed by atoms with Gasteiger partial charge < -0.3 is 19.1 Å². The minimum atomic E-state index is 0.0915. The minimum Gasteiger partial charge on any atom is -0.492 e. The summed E-state index contributed by atoms with van der Waals surface area (Å²) in [5.41, 5.74) is 2.14. The lowest BCUT2D eigenvalue weighted by Gasteiger charge is -2.26. The Hall–Kier alpha value is -1.93. The summed E-state index contributed by atoms with van der Waals surface area (Å²) in [6.07, 6.45) is 2.22. The van der Waals surface area contributed by atoms with Gasteiger partial charge in [-0.3, -0.25) is 9.69 Å². The lowest BCUT2D eigenvalue weighted by Crippen LogP contribution is -2.38. The number of amides is 1. The zero-order valence-corrected chi connectivity index (χ0v) is 19.1. The van der Waals surface area contributed by atoms with Crippen LogP contribution in [0.4, 0.5) is 0 Å². The maximum absolute atomic E-state index is 13.2. The lowest BCUT2D eigenvalue weighted by molar-refractivity contribution is 0.0322. The fourth-order valence-electron chi connectivity index (χ4n) is 4.02. The molecular formula is C24H32N2O4S. The molecule has 0 saturated carbocycles. The number of nitrogens with zero attached hydrogens (tertiary/aromatic N) is 2. The molecule has 31 heavy (non-hydrogen) atoms.